The average molecular weight is 422 g/mol. The first-order valence-corrected chi connectivity index (χ1v) is 11.6. The molecule has 1 amide bonds. The van der Waals surface area contributed by atoms with E-state index in [-0.39, 0.29) is 23.5 Å². The van der Waals surface area contributed by atoms with E-state index in [9.17, 15) is 4.79 Å². The van der Waals surface area contributed by atoms with E-state index in [2.05, 4.69) is 46.7 Å². The first kappa shape index (κ1) is 21.8. The Morgan fingerprint density at radius 2 is 2.00 bits per heavy atom. The minimum absolute atomic E-state index is 0.0719. The number of rotatable bonds is 6. The molecule has 2 aromatic carbocycles. The molecule has 166 valence electrons. The van der Waals surface area contributed by atoms with Crippen LogP contribution in [0.4, 0.5) is 0 Å². The number of amides is 1. The molecule has 2 heterocycles. The Balaban J connectivity index is 1.66. The van der Waals surface area contributed by atoms with E-state index in [0.29, 0.717) is 12.2 Å². The second-order valence-corrected chi connectivity index (χ2v) is 9.03. The Labute approximate surface area is 186 Å². The fourth-order valence-electron chi connectivity index (χ4n) is 5.20. The zero-order valence-corrected chi connectivity index (χ0v) is 18.8. The van der Waals surface area contributed by atoms with Gasteiger partial charge in [0.05, 0.1) is 12.1 Å². The summed E-state index contributed by atoms with van der Waals surface area (Å²) in [6.45, 7) is 4.68. The maximum Gasteiger partial charge on any atom is 0.254 e. The van der Waals surface area contributed by atoms with Crippen molar-refractivity contribution in [1.82, 2.24) is 15.5 Å². The van der Waals surface area contributed by atoms with E-state index >= 15 is 0 Å². The molecular formula is C26H35N3O2. The van der Waals surface area contributed by atoms with E-state index in [0.717, 1.165) is 31.7 Å². The van der Waals surface area contributed by atoms with Crippen molar-refractivity contribution in [3.8, 4) is 5.75 Å². The number of benzene rings is 2. The number of carbonyl (C=O) groups is 1. The molecule has 2 aromatic rings. The number of nitrogens with one attached hydrogen (secondary N) is 2. The normalized spacial score (nSPS) is 26.1. The molecule has 5 heteroatoms. The van der Waals surface area contributed by atoms with Gasteiger partial charge in [0, 0.05) is 17.6 Å². The second kappa shape index (κ2) is 9.84. The summed E-state index contributed by atoms with van der Waals surface area (Å²) >= 11 is 0. The number of hydrogen-bond donors (Lipinski definition) is 2. The van der Waals surface area contributed by atoms with Gasteiger partial charge in [-0.1, -0.05) is 49.2 Å². The van der Waals surface area contributed by atoms with Crippen LogP contribution in [0.25, 0.3) is 0 Å². The van der Waals surface area contributed by atoms with Gasteiger partial charge in [0.25, 0.3) is 5.91 Å². The lowest BCUT2D eigenvalue weighted by Gasteiger charge is -2.38. The number of fused-ring (bicyclic) bond motifs is 1. The molecule has 5 nitrogen and oxygen atoms in total. The average Bonchev–Trinajstić information content (AvgIpc) is 3.06. The Kier molecular flexibility index (Phi) is 6.93. The monoisotopic (exact) mass is 421 g/mol. The largest absolute Gasteiger partial charge is 0.492 e. The smallest absolute Gasteiger partial charge is 0.254 e. The van der Waals surface area contributed by atoms with Gasteiger partial charge in [-0.05, 0) is 63.5 Å². The summed E-state index contributed by atoms with van der Waals surface area (Å²) in [5, 5.41) is 6.90. The zero-order valence-electron chi connectivity index (χ0n) is 18.8. The van der Waals surface area contributed by atoms with Crippen LogP contribution in [0, 0.1) is 0 Å². The van der Waals surface area contributed by atoms with Crippen LogP contribution in [-0.4, -0.2) is 49.1 Å². The molecule has 2 aliphatic heterocycles. The molecule has 0 spiro atoms. The van der Waals surface area contributed by atoms with Gasteiger partial charge in [0.1, 0.15) is 12.4 Å². The number of likely N-dealkylation sites (N-methyl/N-ethyl adjacent to an activating group) is 1. The van der Waals surface area contributed by atoms with Crippen molar-refractivity contribution < 1.29 is 9.53 Å². The van der Waals surface area contributed by atoms with Crippen LogP contribution in [0.2, 0.25) is 0 Å². The van der Waals surface area contributed by atoms with Crippen molar-refractivity contribution in [1.29, 1.82) is 0 Å². The van der Waals surface area contributed by atoms with Crippen molar-refractivity contribution in [2.75, 3.05) is 26.7 Å². The Morgan fingerprint density at radius 3 is 2.81 bits per heavy atom. The molecule has 4 rings (SSSR count). The Hall–Kier alpha value is -2.37. The van der Waals surface area contributed by atoms with Gasteiger partial charge in [-0.15, -0.1) is 0 Å². The van der Waals surface area contributed by atoms with Gasteiger partial charge in [-0.2, -0.15) is 0 Å². The van der Waals surface area contributed by atoms with Crippen molar-refractivity contribution in [3.05, 3.63) is 65.7 Å². The highest BCUT2D eigenvalue weighted by Crippen LogP contribution is 2.45. The maximum absolute atomic E-state index is 13.9. The van der Waals surface area contributed by atoms with Gasteiger partial charge >= 0.3 is 0 Å². The van der Waals surface area contributed by atoms with Crippen molar-refractivity contribution >= 4 is 5.91 Å². The molecule has 0 unspecified atom stereocenters. The molecule has 0 aliphatic carbocycles. The summed E-state index contributed by atoms with van der Waals surface area (Å²) in [4.78, 5) is 16.1. The summed E-state index contributed by atoms with van der Waals surface area (Å²) in [5.41, 5.74) is 1.85. The van der Waals surface area contributed by atoms with Gasteiger partial charge < -0.3 is 20.3 Å². The van der Waals surface area contributed by atoms with Gasteiger partial charge in [0.15, 0.2) is 0 Å². The highest BCUT2D eigenvalue weighted by Gasteiger charge is 2.51. The molecular weight excluding hydrogens is 386 g/mol. The molecule has 3 atom stereocenters. The second-order valence-electron chi connectivity index (χ2n) is 9.03. The predicted octanol–water partition coefficient (Wildman–Crippen LogP) is 4.16. The van der Waals surface area contributed by atoms with E-state index in [1.807, 2.05) is 37.4 Å². The van der Waals surface area contributed by atoms with Crippen LogP contribution in [0.3, 0.4) is 0 Å². The molecule has 0 saturated carbocycles. The van der Waals surface area contributed by atoms with E-state index in [4.69, 9.17) is 4.74 Å². The molecule has 31 heavy (non-hydrogen) atoms. The lowest BCUT2D eigenvalue weighted by molar-refractivity contribution is 0.0611. The van der Waals surface area contributed by atoms with E-state index < -0.39 is 0 Å². The Morgan fingerprint density at radius 1 is 1.16 bits per heavy atom. The van der Waals surface area contributed by atoms with Gasteiger partial charge in [-0.3, -0.25) is 4.79 Å². The van der Waals surface area contributed by atoms with Crippen molar-refractivity contribution in [2.45, 2.75) is 56.7 Å². The van der Waals surface area contributed by atoms with Crippen LogP contribution in [0.15, 0.2) is 54.6 Å². The number of nitrogens with zero attached hydrogens (tertiary/aromatic N) is 1. The van der Waals surface area contributed by atoms with Crippen LogP contribution in [0.1, 0.15) is 61.0 Å². The fourth-order valence-corrected chi connectivity index (χ4v) is 5.20. The number of carbonyl (C=O) groups excluding carboxylic acids is 1. The SMILES string of the molecule is CNCCOc1cccc(C(=O)N2[C@H]3CCCCCN[C@@]3(C)C[C@H]2c2ccccc2)c1. The molecule has 0 aromatic heterocycles. The lowest BCUT2D eigenvalue weighted by atomic mass is 9.85. The third-order valence-electron chi connectivity index (χ3n) is 6.83. The molecule has 0 radical (unpaired) electrons. The van der Waals surface area contributed by atoms with Crippen molar-refractivity contribution in [3.63, 3.8) is 0 Å². The summed E-state index contributed by atoms with van der Waals surface area (Å²) in [5.74, 6) is 0.846. The van der Waals surface area contributed by atoms with Crippen LogP contribution >= 0.6 is 0 Å². The maximum atomic E-state index is 13.9. The summed E-state index contributed by atoms with van der Waals surface area (Å²) in [6, 6.07) is 18.4. The molecule has 0 bridgehead atoms. The first-order valence-electron chi connectivity index (χ1n) is 11.6. The quantitative estimate of drug-likeness (QED) is 0.688. The Bertz CT molecular complexity index is 872. The van der Waals surface area contributed by atoms with E-state index in [1.54, 1.807) is 0 Å². The predicted molar refractivity (Wildman–Crippen MR) is 124 cm³/mol. The lowest BCUT2D eigenvalue weighted by Crippen LogP contribution is -2.54. The number of ether oxygens (including phenoxy) is 1. The first-order chi connectivity index (χ1) is 15.1. The molecule has 2 saturated heterocycles. The molecule has 2 aliphatic rings. The topological polar surface area (TPSA) is 53.6 Å². The number of hydrogen-bond acceptors (Lipinski definition) is 4. The summed E-state index contributed by atoms with van der Waals surface area (Å²) in [7, 11) is 1.90. The third kappa shape index (κ3) is 4.78. The minimum Gasteiger partial charge on any atom is -0.492 e. The van der Waals surface area contributed by atoms with Crippen molar-refractivity contribution in [2.24, 2.45) is 0 Å². The zero-order chi connectivity index (χ0) is 21.7. The standard InChI is InChI=1S/C26H35N3O2/c1-26-19-23(20-10-5-3-6-11-20)29(24(26)14-7-4-8-15-28-26)25(30)21-12-9-13-22(18-21)31-17-16-27-2/h3,5-6,9-13,18,23-24,27-28H,4,7-8,14-17,19H2,1-2H3/t23-,24-,26-/m0/s1. The fraction of sp³-hybridized carbons (Fsp3) is 0.500. The van der Waals surface area contributed by atoms with Crippen LogP contribution < -0.4 is 15.4 Å². The molecule has 2 fully saturated rings. The summed E-state index contributed by atoms with van der Waals surface area (Å²) < 4.78 is 5.83. The van der Waals surface area contributed by atoms with Crippen LogP contribution in [0.5, 0.6) is 5.75 Å². The van der Waals surface area contributed by atoms with Crippen LogP contribution in [-0.2, 0) is 0 Å². The third-order valence-corrected chi connectivity index (χ3v) is 6.83. The highest BCUT2D eigenvalue weighted by atomic mass is 16.5. The van der Waals surface area contributed by atoms with E-state index in [1.165, 1.54) is 24.8 Å². The minimum atomic E-state index is -0.0719. The molecule has 2 N–H and O–H groups in total. The highest BCUT2D eigenvalue weighted by molar-refractivity contribution is 5.95. The summed E-state index contributed by atoms with van der Waals surface area (Å²) in [6.07, 6.45) is 5.56. The van der Waals surface area contributed by atoms with Gasteiger partial charge in [-0.25, -0.2) is 0 Å². The number of likely N-dealkylation sites (tertiary alicyclic amines) is 1. The van der Waals surface area contributed by atoms with Gasteiger partial charge in [0.2, 0.25) is 0 Å².